The predicted octanol–water partition coefficient (Wildman–Crippen LogP) is 3.14. The van der Waals surface area contributed by atoms with Gasteiger partial charge in [0.2, 0.25) is 0 Å². The molecule has 1 aliphatic rings. The Balaban J connectivity index is 1.94. The van der Waals surface area contributed by atoms with Crippen molar-refractivity contribution in [1.82, 2.24) is 5.32 Å². The lowest BCUT2D eigenvalue weighted by Crippen LogP contribution is -2.17. The van der Waals surface area contributed by atoms with E-state index in [1.165, 1.54) is 5.56 Å². The maximum absolute atomic E-state index is 5.88. The highest BCUT2D eigenvalue weighted by Gasteiger charge is 2.17. The molecule has 0 amide bonds. The third-order valence-electron chi connectivity index (χ3n) is 3.51. The summed E-state index contributed by atoms with van der Waals surface area (Å²) in [7, 11) is 0. The molecule has 1 unspecified atom stereocenters. The average molecular weight is 293 g/mol. The lowest BCUT2D eigenvalue weighted by molar-refractivity contribution is 0.0667. The molecule has 2 rings (SSSR count). The second-order valence-electron chi connectivity index (χ2n) is 5.34. The van der Waals surface area contributed by atoms with E-state index in [2.05, 4.69) is 24.4 Å². The summed E-state index contributed by atoms with van der Waals surface area (Å²) < 4.78 is 17.2. The van der Waals surface area contributed by atoms with E-state index in [1.807, 2.05) is 13.0 Å². The maximum atomic E-state index is 5.88. The van der Waals surface area contributed by atoms with Crippen LogP contribution < -0.4 is 14.8 Å². The zero-order chi connectivity index (χ0) is 14.9. The Bertz CT molecular complexity index is 416. The van der Waals surface area contributed by atoms with Crippen LogP contribution in [0.5, 0.6) is 11.5 Å². The molecule has 1 N–H and O–H groups in total. The molecule has 0 bridgehead atoms. The van der Waals surface area contributed by atoms with Gasteiger partial charge in [-0.25, -0.2) is 0 Å². The normalized spacial score (nSPS) is 17.9. The monoisotopic (exact) mass is 293 g/mol. The van der Waals surface area contributed by atoms with Crippen molar-refractivity contribution < 1.29 is 14.2 Å². The molecule has 1 aliphatic heterocycles. The number of nitrogens with one attached hydrogen (secondary N) is 1. The molecular weight excluding hydrogens is 266 g/mol. The van der Waals surface area contributed by atoms with Crippen molar-refractivity contribution in [2.24, 2.45) is 0 Å². The Morgan fingerprint density at radius 1 is 1.24 bits per heavy atom. The van der Waals surface area contributed by atoms with Gasteiger partial charge in [-0.15, -0.1) is 0 Å². The molecule has 1 fully saturated rings. The fourth-order valence-electron chi connectivity index (χ4n) is 2.42. The van der Waals surface area contributed by atoms with Gasteiger partial charge in [-0.3, -0.25) is 0 Å². The van der Waals surface area contributed by atoms with E-state index in [9.17, 15) is 0 Å². The molecule has 0 radical (unpaired) electrons. The van der Waals surface area contributed by atoms with E-state index in [1.54, 1.807) is 0 Å². The highest BCUT2D eigenvalue weighted by atomic mass is 16.5. The van der Waals surface area contributed by atoms with E-state index in [0.29, 0.717) is 13.2 Å². The first kappa shape index (κ1) is 16.1. The second-order valence-corrected chi connectivity index (χ2v) is 5.34. The molecule has 4 heteroatoms. The average Bonchev–Trinajstić information content (AvgIpc) is 3.00. The molecule has 1 saturated heterocycles. The van der Waals surface area contributed by atoms with Gasteiger partial charge in [0.1, 0.15) is 6.61 Å². The Kier molecular flexibility index (Phi) is 6.83. The predicted molar refractivity (Wildman–Crippen MR) is 84.1 cm³/mol. The fourth-order valence-corrected chi connectivity index (χ4v) is 2.42. The maximum Gasteiger partial charge on any atom is 0.161 e. The number of benzene rings is 1. The molecule has 1 aromatic rings. The number of hydrogen-bond acceptors (Lipinski definition) is 4. The summed E-state index contributed by atoms with van der Waals surface area (Å²) >= 11 is 0. The summed E-state index contributed by atoms with van der Waals surface area (Å²) in [5.74, 6) is 1.64. The zero-order valence-corrected chi connectivity index (χ0v) is 13.2. The van der Waals surface area contributed by atoms with Gasteiger partial charge in [0.25, 0.3) is 0 Å². The lowest BCUT2D eigenvalue weighted by Gasteiger charge is -2.16. The largest absolute Gasteiger partial charge is 0.490 e. The van der Waals surface area contributed by atoms with E-state index in [4.69, 9.17) is 14.2 Å². The first-order valence-electron chi connectivity index (χ1n) is 8.04. The first-order chi connectivity index (χ1) is 10.3. The van der Waals surface area contributed by atoms with Crippen LogP contribution in [0.1, 0.15) is 38.7 Å². The van der Waals surface area contributed by atoms with Crippen LogP contribution in [0, 0.1) is 0 Å². The summed E-state index contributed by atoms with van der Waals surface area (Å²) in [6.45, 7) is 8.15. The Labute approximate surface area is 127 Å². The van der Waals surface area contributed by atoms with Gasteiger partial charge in [0.05, 0.1) is 12.7 Å². The molecule has 0 spiro atoms. The summed E-state index contributed by atoms with van der Waals surface area (Å²) in [4.78, 5) is 0. The van der Waals surface area contributed by atoms with E-state index >= 15 is 0 Å². The van der Waals surface area contributed by atoms with Crippen LogP contribution in [0.2, 0.25) is 0 Å². The van der Waals surface area contributed by atoms with Crippen molar-refractivity contribution >= 4 is 0 Å². The molecule has 0 aromatic heterocycles. The number of hydrogen-bond donors (Lipinski definition) is 1. The minimum absolute atomic E-state index is 0.227. The van der Waals surface area contributed by atoms with Crippen molar-refractivity contribution in [1.29, 1.82) is 0 Å². The molecule has 1 aromatic carbocycles. The van der Waals surface area contributed by atoms with Crippen LogP contribution in [0.4, 0.5) is 0 Å². The molecule has 118 valence electrons. The topological polar surface area (TPSA) is 39.7 Å². The quantitative estimate of drug-likeness (QED) is 0.710. The highest BCUT2D eigenvalue weighted by Crippen LogP contribution is 2.29. The molecule has 1 atom stereocenters. The highest BCUT2D eigenvalue weighted by molar-refractivity contribution is 5.43. The molecule has 4 nitrogen and oxygen atoms in total. The standard InChI is InChI=1S/C17H27NO3/c1-3-9-18-12-14-7-8-16(17(11-14)19-4-2)21-13-15-6-5-10-20-15/h7-8,11,15,18H,3-6,9-10,12-13H2,1-2H3. The van der Waals surface area contributed by atoms with Crippen LogP contribution in [0.15, 0.2) is 18.2 Å². The van der Waals surface area contributed by atoms with Gasteiger partial charge >= 0.3 is 0 Å². The van der Waals surface area contributed by atoms with Gasteiger partial charge in [-0.1, -0.05) is 13.0 Å². The van der Waals surface area contributed by atoms with Crippen molar-refractivity contribution in [3.05, 3.63) is 23.8 Å². The lowest BCUT2D eigenvalue weighted by atomic mass is 10.2. The molecular formula is C17H27NO3. The Morgan fingerprint density at radius 3 is 2.86 bits per heavy atom. The second kappa shape index (κ2) is 8.90. The zero-order valence-electron chi connectivity index (χ0n) is 13.2. The Morgan fingerprint density at radius 2 is 2.14 bits per heavy atom. The van der Waals surface area contributed by atoms with Gasteiger partial charge in [-0.05, 0) is 50.4 Å². The van der Waals surface area contributed by atoms with Gasteiger partial charge in [0, 0.05) is 13.2 Å². The van der Waals surface area contributed by atoms with E-state index in [0.717, 1.165) is 50.5 Å². The van der Waals surface area contributed by atoms with Gasteiger partial charge < -0.3 is 19.5 Å². The van der Waals surface area contributed by atoms with Gasteiger partial charge in [0.15, 0.2) is 11.5 Å². The van der Waals surface area contributed by atoms with Crippen LogP contribution in [0.3, 0.4) is 0 Å². The van der Waals surface area contributed by atoms with Crippen LogP contribution in [0.25, 0.3) is 0 Å². The number of rotatable bonds is 9. The van der Waals surface area contributed by atoms with Crippen molar-refractivity contribution in [3.8, 4) is 11.5 Å². The third-order valence-corrected chi connectivity index (χ3v) is 3.51. The fraction of sp³-hybridized carbons (Fsp3) is 0.647. The summed E-state index contributed by atoms with van der Waals surface area (Å²) in [6, 6.07) is 6.16. The third kappa shape index (κ3) is 5.21. The van der Waals surface area contributed by atoms with Gasteiger partial charge in [-0.2, -0.15) is 0 Å². The minimum Gasteiger partial charge on any atom is -0.490 e. The minimum atomic E-state index is 0.227. The van der Waals surface area contributed by atoms with Crippen molar-refractivity contribution in [2.75, 3.05) is 26.4 Å². The summed E-state index contributed by atoms with van der Waals surface area (Å²) in [5, 5.41) is 3.40. The SMILES string of the molecule is CCCNCc1ccc(OCC2CCCO2)c(OCC)c1. The van der Waals surface area contributed by atoms with E-state index < -0.39 is 0 Å². The summed E-state index contributed by atoms with van der Waals surface area (Å²) in [5.41, 5.74) is 1.22. The first-order valence-corrected chi connectivity index (χ1v) is 8.04. The van der Waals surface area contributed by atoms with Crippen LogP contribution in [-0.2, 0) is 11.3 Å². The smallest absolute Gasteiger partial charge is 0.161 e. The molecule has 0 saturated carbocycles. The number of ether oxygens (including phenoxy) is 3. The summed E-state index contributed by atoms with van der Waals surface area (Å²) in [6.07, 6.45) is 3.59. The molecule has 0 aliphatic carbocycles. The molecule has 21 heavy (non-hydrogen) atoms. The van der Waals surface area contributed by atoms with Crippen molar-refractivity contribution in [2.45, 2.75) is 45.8 Å². The van der Waals surface area contributed by atoms with E-state index in [-0.39, 0.29) is 6.10 Å². The van der Waals surface area contributed by atoms with Crippen molar-refractivity contribution in [3.63, 3.8) is 0 Å². The van der Waals surface area contributed by atoms with Crippen LogP contribution >= 0.6 is 0 Å². The molecule has 1 heterocycles. The Hall–Kier alpha value is -1.26. The van der Waals surface area contributed by atoms with Crippen LogP contribution in [-0.4, -0.2) is 32.5 Å².